The van der Waals surface area contributed by atoms with Crippen molar-refractivity contribution in [1.82, 2.24) is 5.32 Å². The standard InChI is InChI=1S/C18H27BrFN/c1-18(2,3)15-6-4-13(5-7-15)11-21-12-14-10-16(19)8-9-17(14)20/h8-10,13,15,21H,4-7,11-12H2,1-3H3. The minimum atomic E-state index is -0.123. The quantitative estimate of drug-likeness (QED) is 0.748. The van der Waals surface area contributed by atoms with E-state index in [2.05, 4.69) is 42.0 Å². The molecule has 0 atom stereocenters. The van der Waals surface area contributed by atoms with Crippen LogP contribution in [0.25, 0.3) is 0 Å². The Balaban J connectivity index is 1.74. The van der Waals surface area contributed by atoms with Gasteiger partial charge in [-0.15, -0.1) is 0 Å². The highest BCUT2D eigenvalue weighted by molar-refractivity contribution is 9.10. The molecule has 0 aliphatic heterocycles. The van der Waals surface area contributed by atoms with E-state index >= 15 is 0 Å². The van der Waals surface area contributed by atoms with Crippen LogP contribution in [0.4, 0.5) is 4.39 Å². The Morgan fingerprint density at radius 2 is 1.86 bits per heavy atom. The molecule has 0 heterocycles. The van der Waals surface area contributed by atoms with E-state index in [1.165, 1.54) is 31.7 Å². The van der Waals surface area contributed by atoms with Crippen LogP contribution in [0.2, 0.25) is 0 Å². The molecule has 0 aromatic heterocycles. The van der Waals surface area contributed by atoms with Crippen LogP contribution in [0.5, 0.6) is 0 Å². The molecule has 0 spiro atoms. The summed E-state index contributed by atoms with van der Waals surface area (Å²) in [5.74, 6) is 1.48. The topological polar surface area (TPSA) is 12.0 Å². The number of benzene rings is 1. The van der Waals surface area contributed by atoms with Crippen LogP contribution in [0.15, 0.2) is 22.7 Å². The lowest BCUT2D eigenvalue weighted by atomic mass is 9.70. The second-order valence-corrected chi connectivity index (χ2v) is 8.37. The van der Waals surface area contributed by atoms with Crippen LogP contribution in [0, 0.1) is 23.1 Å². The molecule has 1 saturated carbocycles. The smallest absolute Gasteiger partial charge is 0.127 e. The van der Waals surface area contributed by atoms with Gasteiger partial charge < -0.3 is 5.32 Å². The van der Waals surface area contributed by atoms with E-state index < -0.39 is 0 Å². The molecule has 3 heteroatoms. The normalized spacial score (nSPS) is 23.3. The fourth-order valence-electron chi connectivity index (χ4n) is 3.32. The first kappa shape index (κ1) is 17.0. The zero-order valence-corrected chi connectivity index (χ0v) is 15.0. The summed E-state index contributed by atoms with van der Waals surface area (Å²) >= 11 is 3.40. The minimum Gasteiger partial charge on any atom is -0.312 e. The monoisotopic (exact) mass is 355 g/mol. The Kier molecular flexibility index (Phi) is 5.84. The van der Waals surface area contributed by atoms with Crippen LogP contribution >= 0.6 is 15.9 Å². The van der Waals surface area contributed by atoms with E-state index in [9.17, 15) is 4.39 Å². The van der Waals surface area contributed by atoms with Crippen LogP contribution in [0.1, 0.15) is 52.0 Å². The van der Waals surface area contributed by atoms with Gasteiger partial charge in [0, 0.05) is 16.6 Å². The van der Waals surface area contributed by atoms with Gasteiger partial charge in [0.2, 0.25) is 0 Å². The van der Waals surface area contributed by atoms with Crippen molar-refractivity contribution in [3.8, 4) is 0 Å². The van der Waals surface area contributed by atoms with Gasteiger partial charge in [-0.2, -0.15) is 0 Å². The van der Waals surface area contributed by atoms with Gasteiger partial charge >= 0.3 is 0 Å². The lowest BCUT2D eigenvalue weighted by molar-refractivity contribution is 0.149. The molecule has 0 saturated heterocycles. The first-order valence-corrected chi connectivity index (χ1v) is 8.80. The molecule has 1 N–H and O–H groups in total. The first-order valence-electron chi connectivity index (χ1n) is 8.01. The molecule has 1 nitrogen and oxygen atoms in total. The average molecular weight is 356 g/mol. The maximum absolute atomic E-state index is 13.7. The van der Waals surface area contributed by atoms with Gasteiger partial charge in [-0.3, -0.25) is 0 Å². The molecule has 1 aromatic carbocycles. The highest BCUT2D eigenvalue weighted by atomic mass is 79.9. The number of hydrogen-bond acceptors (Lipinski definition) is 1. The third-order valence-corrected chi connectivity index (χ3v) is 5.32. The predicted molar refractivity (Wildman–Crippen MR) is 90.7 cm³/mol. The van der Waals surface area contributed by atoms with Crippen LogP contribution < -0.4 is 5.32 Å². The largest absolute Gasteiger partial charge is 0.312 e. The lowest BCUT2D eigenvalue weighted by Crippen LogP contribution is -2.30. The van der Waals surface area contributed by atoms with Crippen molar-refractivity contribution in [2.75, 3.05) is 6.54 Å². The van der Waals surface area contributed by atoms with E-state index in [-0.39, 0.29) is 5.82 Å². The third-order valence-electron chi connectivity index (χ3n) is 4.83. The van der Waals surface area contributed by atoms with Gasteiger partial charge in [0.1, 0.15) is 5.82 Å². The molecular weight excluding hydrogens is 329 g/mol. The van der Waals surface area contributed by atoms with E-state index in [0.29, 0.717) is 12.0 Å². The van der Waals surface area contributed by atoms with Crippen molar-refractivity contribution in [1.29, 1.82) is 0 Å². The summed E-state index contributed by atoms with van der Waals surface area (Å²) in [7, 11) is 0. The number of hydrogen-bond donors (Lipinski definition) is 1. The first-order chi connectivity index (χ1) is 9.86. The Morgan fingerprint density at radius 1 is 1.19 bits per heavy atom. The molecule has 0 amide bonds. The molecule has 118 valence electrons. The lowest BCUT2D eigenvalue weighted by Gasteiger charge is -2.37. The summed E-state index contributed by atoms with van der Waals surface area (Å²) in [6.45, 7) is 8.68. The van der Waals surface area contributed by atoms with Gasteiger partial charge in [0.05, 0.1) is 0 Å². The molecule has 0 unspecified atom stereocenters. The number of halogens is 2. The van der Waals surface area contributed by atoms with E-state index in [1.54, 1.807) is 6.07 Å². The van der Waals surface area contributed by atoms with E-state index in [1.807, 2.05) is 6.07 Å². The zero-order valence-electron chi connectivity index (χ0n) is 13.4. The Bertz CT molecular complexity index is 459. The Labute approximate surface area is 136 Å². The van der Waals surface area contributed by atoms with Gasteiger partial charge in [0.25, 0.3) is 0 Å². The highest BCUT2D eigenvalue weighted by Gasteiger charge is 2.29. The van der Waals surface area contributed by atoms with Gasteiger partial charge in [-0.05, 0) is 67.7 Å². The maximum atomic E-state index is 13.7. The van der Waals surface area contributed by atoms with E-state index in [0.717, 1.165) is 28.4 Å². The fraction of sp³-hybridized carbons (Fsp3) is 0.667. The molecule has 1 aromatic rings. The summed E-state index contributed by atoms with van der Waals surface area (Å²) in [6, 6.07) is 5.13. The van der Waals surface area contributed by atoms with Crippen molar-refractivity contribution < 1.29 is 4.39 Å². The summed E-state index contributed by atoms with van der Waals surface area (Å²) in [5.41, 5.74) is 1.19. The van der Waals surface area contributed by atoms with Gasteiger partial charge in [0.15, 0.2) is 0 Å². The summed E-state index contributed by atoms with van der Waals surface area (Å²) in [5, 5.41) is 3.43. The Morgan fingerprint density at radius 3 is 2.48 bits per heavy atom. The summed E-state index contributed by atoms with van der Waals surface area (Å²) < 4.78 is 14.6. The van der Waals surface area contributed by atoms with Crippen LogP contribution in [0.3, 0.4) is 0 Å². The maximum Gasteiger partial charge on any atom is 0.127 e. The zero-order chi connectivity index (χ0) is 15.5. The number of rotatable bonds is 4. The van der Waals surface area contributed by atoms with Crippen molar-refractivity contribution in [3.05, 3.63) is 34.1 Å². The predicted octanol–water partition coefficient (Wildman–Crippen LogP) is 5.53. The minimum absolute atomic E-state index is 0.123. The number of nitrogens with one attached hydrogen (secondary N) is 1. The van der Waals surface area contributed by atoms with Gasteiger partial charge in [-0.25, -0.2) is 4.39 Å². The van der Waals surface area contributed by atoms with Crippen molar-refractivity contribution in [3.63, 3.8) is 0 Å². The highest BCUT2D eigenvalue weighted by Crippen LogP contribution is 2.39. The van der Waals surface area contributed by atoms with Crippen molar-refractivity contribution in [2.45, 2.75) is 53.0 Å². The average Bonchev–Trinajstić information content (AvgIpc) is 2.42. The molecule has 0 radical (unpaired) electrons. The molecule has 2 rings (SSSR count). The van der Waals surface area contributed by atoms with Crippen LogP contribution in [-0.4, -0.2) is 6.54 Å². The molecule has 1 aliphatic carbocycles. The Hall–Kier alpha value is -0.410. The van der Waals surface area contributed by atoms with Crippen LogP contribution in [-0.2, 0) is 6.54 Å². The van der Waals surface area contributed by atoms with E-state index in [4.69, 9.17) is 0 Å². The molecule has 21 heavy (non-hydrogen) atoms. The molecule has 0 bridgehead atoms. The molecule has 1 fully saturated rings. The third kappa shape index (κ3) is 5.07. The SMILES string of the molecule is CC(C)(C)C1CCC(CNCc2cc(Br)ccc2F)CC1. The molecular formula is C18H27BrFN. The second-order valence-electron chi connectivity index (χ2n) is 7.45. The summed E-state index contributed by atoms with van der Waals surface area (Å²) in [4.78, 5) is 0. The fourth-order valence-corrected chi connectivity index (χ4v) is 3.73. The van der Waals surface area contributed by atoms with Crippen molar-refractivity contribution in [2.24, 2.45) is 17.3 Å². The molecule has 1 aliphatic rings. The van der Waals surface area contributed by atoms with Gasteiger partial charge in [-0.1, -0.05) is 36.7 Å². The summed E-state index contributed by atoms with van der Waals surface area (Å²) in [6.07, 6.45) is 5.27. The van der Waals surface area contributed by atoms with Crippen molar-refractivity contribution >= 4 is 15.9 Å². The second kappa shape index (κ2) is 7.23.